The Hall–Kier alpha value is -1.51. The van der Waals surface area contributed by atoms with E-state index in [-0.39, 0.29) is 5.91 Å². The number of rotatable bonds is 6. The molecule has 2 rings (SSSR count). The van der Waals surface area contributed by atoms with Crippen molar-refractivity contribution in [3.05, 3.63) is 29.3 Å². The molecular weight excluding hydrogens is 248 g/mol. The van der Waals surface area contributed by atoms with Crippen LogP contribution in [0.1, 0.15) is 44.2 Å². The summed E-state index contributed by atoms with van der Waals surface area (Å²) in [5.74, 6) is 0.766. The molecule has 0 aliphatic carbocycles. The second-order valence-corrected chi connectivity index (χ2v) is 6.01. The maximum absolute atomic E-state index is 11.7. The van der Waals surface area contributed by atoms with Gasteiger partial charge >= 0.3 is 0 Å². The van der Waals surface area contributed by atoms with E-state index in [0.717, 1.165) is 32.4 Å². The maximum Gasteiger partial charge on any atom is 0.220 e. The molecule has 0 radical (unpaired) electrons. The quantitative estimate of drug-likeness (QED) is 0.836. The van der Waals surface area contributed by atoms with Crippen LogP contribution >= 0.6 is 0 Å². The van der Waals surface area contributed by atoms with Gasteiger partial charge in [-0.25, -0.2) is 0 Å². The predicted molar refractivity (Wildman–Crippen MR) is 84.0 cm³/mol. The third-order valence-electron chi connectivity index (χ3n) is 3.83. The van der Waals surface area contributed by atoms with E-state index < -0.39 is 0 Å². The van der Waals surface area contributed by atoms with Crippen LogP contribution < -0.4 is 10.6 Å². The van der Waals surface area contributed by atoms with E-state index in [2.05, 4.69) is 42.7 Å². The third kappa shape index (κ3) is 4.26. The van der Waals surface area contributed by atoms with Gasteiger partial charge in [-0.3, -0.25) is 4.79 Å². The van der Waals surface area contributed by atoms with E-state index in [1.54, 1.807) is 0 Å². The first-order valence-corrected chi connectivity index (χ1v) is 7.78. The molecule has 0 fully saturated rings. The van der Waals surface area contributed by atoms with Crippen molar-refractivity contribution in [3.8, 4) is 0 Å². The number of benzene rings is 1. The standard InChI is InChI=1S/C17H26N2O/c1-13(2)8-9-16(20)18-12-10-15-6-3-5-14-7-4-11-19-17(14)15/h3,5-6,13,19H,4,7-12H2,1-2H3,(H,18,20). The normalized spacial score (nSPS) is 13.8. The first-order chi connectivity index (χ1) is 9.66. The summed E-state index contributed by atoms with van der Waals surface area (Å²) in [5, 5.41) is 6.52. The number of carbonyl (C=O) groups excluding carboxylic acids is 1. The zero-order chi connectivity index (χ0) is 14.4. The Kier molecular flexibility index (Phi) is 5.45. The van der Waals surface area contributed by atoms with E-state index >= 15 is 0 Å². The van der Waals surface area contributed by atoms with Crippen LogP contribution in [0.25, 0.3) is 0 Å². The number of amides is 1. The van der Waals surface area contributed by atoms with Crippen molar-refractivity contribution in [2.24, 2.45) is 5.92 Å². The van der Waals surface area contributed by atoms with Gasteiger partial charge in [0.25, 0.3) is 0 Å². The molecule has 1 amide bonds. The fourth-order valence-corrected chi connectivity index (χ4v) is 2.63. The Morgan fingerprint density at radius 2 is 2.25 bits per heavy atom. The molecule has 3 heteroatoms. The fraction of sp³-hybridized carbons (Fsp3) is 0.588. The molecule has 3 nitrogen and oxygen atoms in total. The van der Waals surface area contributed by atoms with Crippen LogP contribution in [0.2, 0.25) is 0 Å². The summed E-state index contributed by atoms with van der Waals surface area (Å²) < 4.78 is 0. The van der Waals surface area contributed by atoms with Crippen molar-refractivity contribution in [1.82, 2.24) is 5.32 Å². The molecular formula is C17H26N2O. The van der Waals surface area contributed by atoms with Gasteiger partial charge in [0.2, 0.25) is 5.91 Å². The van der Waals surface area contributed by atoms with Crippen molar-refractivity contribution in [2.45, 2.75) is 46.0 Å². The van der Waals surface area contributed by atoms with Crippen LogP contribution in [0.5, 0.6) is 0 Å². The molecule has 2 N–H and O–H groups in total. The molecule has 1 heterocycles. The Bertz CT molecular complexity index is 454. The van der Waals surface area contributed by atoms with Gasteiger partial charge in [-0.15, -0.1) is 0 Å². The molecule has 0 bridgehead atoms. The number of para-hydroxylation sites is 1. The summed E-state index contributed by atoms with van der Waals surface area (Å²) in [4.78, 5) is 11.7. The highest BCUT2D eigenvalue weighted by Crippen LogP contribution is 2.26. The molecule has 1 aromatic carbocycles. The lowest BCUT2D eigenvalue weighted by atomic mass is 9.98. The van der Waals surface area contributed by atoms with Gasteiger partial charge in [0, 0.05) is 25.2 Å². The van der Waals surface area contributed by atoms with E-state index in [4.69, 9.17) is 0 Å². The highest BCUT2D eigenvalue weighted by atomic mass is 16.1. The first-order valence-electron chi connectivity index (χ1n) is 7.78. The van der Waals surface area contributed by atoms with Crippen molar-refractivity contribution < 1.29 is 4.79 Å². The summed E-state index contributed by atoms with van der Waals surface area (Å²) in [6.07, 6.45) is 4.89. The van der Waals surface area contributed by atoms with Gasteiger partial charge in [0.1, 0.15) is 0 Å². The molecule has 0 saturated carbocycles. The van der Waals surface area contributed by atoms with Crippen LogP contribution in [0.3, 0.4) is 0 Å². The molecule has 1 aliphatic rings. The summed E-state index contributed by atoms with van der Waals surface area (Å²) >= 11 is 0. The predicted octanol–water partition coefficient (Wildman–Crippen LogP) is 3.14. The summed E-state index contributed by atoms with van der Waals surface area (Å²) in [6.45, 7) is 6.09. The summed E-state index contributed by atoms with van der Waals surface area (Å²) in [6, 6.07) is 6.49. The largest absolute Gasteiger partial charge is 0.385 e. The van der Waals surface area contributed by atoms with Gasteiger partial charge in [-0.2, -0.15) is 0 Å². The van der Waals surface area contributed by atoms with Crippen LogP contribution in [-0.2, 0) is 17.6 Å². The van der Waals surface area contributed by atoms with Crippen molar-refractivity contribution in [1.29, 1.82) is 0 Å². The smallest absolute Gasteiger partial charge is 0.220 e. The number of carbonyl (C=O) groups is 1. The number of hydrogen-bond donors (Lipinski definition) is 2. The van der Waals surface area contributed by atoms with Crippen molar-refractivity contribution in [2.75, 3.05) is 18.4 Å². The molecule has 0 aromatic heterocycles. The van der Waals surface area contributed by atoms with E-state index in [0.29, 0.717) is 12.3 Å². The molecule has 0 spiro atoms. The lowest BCUT2D eigenvalue weighted by Gasteiger charge is -2.21. The first kappa shape index (κ1) is 14.9. The summed E-state index contributed by atoms with van der Waals surface area (Å²) in [5.41, 5.74) is 4.04. The van der Waals surface area contributed by atoms with Crippen LogP contribution in [0, 0.1) is 5.92 Å². The number of fused-ring (bicyclic) bond motifs is 1. The van der Waals surface area contributed by atoms with Crippen molar-refractivity contribution in [3.63, 3.8) is 0 Å². The Labute approximate surface area is 122 Å². The monoisotopic (exact) mass is 274 g/mol. The van der Waals surface area contributed by atoms with Gasteiger partial charge in [0.05, 0.1) is 0 Å². The highest BCUT2D eigenvalue weighted by molar-refractivity contribution is 5.75. The Morgan fingerprint density at radius 3 is 3.05 bits per heavy atom. The molecule has 0 saturated heterocycles. The third-order valence-corrected chi connectivity index (χ3v) is 3.83. The number of anilines is 1. The maximum atomic E-state index is 11.7. The minimum atomic E-state index is 0.177. The van der Waals surface area contributed by atoms with Gasteiger partial charge in [-0.05, 0) is 42.7 Å². The van der Waals surface area contributed by atoms with Gasteiger partial charge in [-0.1, -0.05) is 32.0 Å². The van der Waals surface area contributed by atoms with Gasteiger partial charge in [0.15, 0.2) is 0 Å². The number of hydrogen-bond acceptors (Lipinski definition) is 2. The minimum absolute atomic E-state index is 0.177. The molecule has 0 unspecified atom stereocenters. The van der Waals surface area contributed by atoms with E-state index in [1.165, 1.54) is 23.2 Å². The molecule has 1 aliphatic heterocycles. The topological polar surface area (TPSA) is 41.1 Å². The van der Waals surface area contributed by atoms with Crippen LogP contribution in [0.4, 0.5) is 5.69 Å². The van der Waals surface area contributed by atoms with Gasteiger partial charge < -0.3 is 10.6 Å². The summed E-state index contributed by atoms with van der Waals surface area (Å²) in [7, 11) is 0. The molecule has 0 atom stereocenters. The number of aryl methyl sites for hydroxylation is 1. The van der Waals surface area contributed by atoms with E-state index in [9.17, 15) is 4.79 Å². The van der Waals surface area contributed by atoms with E-state index in [1.807, 2.05) is 0 Å². The molecule has 1 aromatic rings. The zero-order valence-electron chi connectivity index (χ0n) is 12.7. The van der Waals surface area contributed by atoms with Crippen LogP contribution in [-0.4, -0.2) is 19.0 Å². The van der Waals surface area contributed by atoms with Crippen molar-refractivity contribution >= 4 is 11.6 Å². The number of nitrogens with one attached hydrogen (secondary N) is 2. The SMILES string of the molecule is CC(C)CCC(=O)NCCc1cccc2c1NCCC2. The lowest BCUT2D eigenvalue weighted by Crippen LogP contribution is -2.26. The average molecular weight is 274 g/mol. The average Bonchev–Trinajstić information content (AvgIpc) is 2.45. The Balaban J connectivity index is 1.81. The molecule has 110 valence electrons. The fourth-order valence-electron chi connectivity index (χ4n) is 2.63. The Morgan fingerprint density at radius 1 is 1.40 bits per heavy atom. The zero-order valence-corrected chi connectivity index (χ0v) is 12.7. The van der Waals surface area contributed by atoms with Crippen LogP contribution in [0.15, 0.2) is 18.2 Å². The molecule has 20 heavy (non-hydrogen) atoms. The second-order valence-electron chi connectivity index (χ2n) is 6.01. The lowest BCUT2D eigenvalue weighted by molar-refractivity contribution is -0.121. The highest BCUT2D eigenvalue weighted by Gasteiger charge is 2.12. The minimum Gasteiger partial charge on any atom is -0.385 e. The second kappa shape index (κ2) is 7.32.